The van der Waals surface area contributed by atoms with Crippen LogP contribution < -0.4 is 10.6 Å². The van der Waals surface area contributed by atoms with Gasteiger partial charge in [0.15, 0.2) is 11.5 Å². The van der Waals surface area contributed by atoms with Crippen LogP contribution in [0.3, 0.4) is 0 Å². The molecule has 0 radical (unpaired) electrons. The molecule has 10 nitrogen and oxygen atoms in total. The average molecular weight is 370 g/mol. The summed E-state index contributed by atoms with van der Waals surface area (Å²) in [6, 6.07) is 1.84. The summed E-state index contributed by atoms with van der Waals surface area (Å²) in [5.41, 5.74) is 7.82. The third-order valence-corrected chi connectivity index (χ3v) is 4.48. The van der Waals surface area contributed by atoms with Gasteiger partial charge in [-0.2, -0.15) is 0 Å². The summed E-state index contributed by atoms with van der Waals surface area (Å²) >= 11 is 0. The van der Waals surface area contributed by atoms with Crippen LogP contribution in [-0.2, 0) is 4.74 Å². The van der Waals surface area contributed by atoms with Gasteiger partial charge in [-0.15, -0.1) is 10.2 Å². The molecule has 0 atom stereocenters. The average Bonchev–Trinajstić information content (AvgIpc) is 3.02. The van der Waals surface area contributed by atoms with Gasteiger partial charge in [0, 0.05) is 20.1 Å². The Morgan fingerprint density at radius 1 is 1.37 bits per heavy atom. The van der Waals surface area contributed by atoms with Crippen LogP contribution in [0.25, 0.3) is 16.8 Å². The Kier molecular flexibility index (Phi) is 3.79. The van der Waals surface area contributed by atoms with E-state index in [2.05, 4.69) is 20.2 Å². The molecule has 4 rings (SSSR count). The third-order valence-electron chi connectivity index (χ3n) is 4.48. The maximum Gasteiger partial charge on any atom is 0.410 e. The Bertz CT molecular complexity index is 1020. The highest BCUT2D eigenvalue weighted by Gasteiger charge is 2.36. The van der Waals surface area contributed by atoms with Crippen LogP contribution in [0.5, 0.6) is 0 Å². The molecule has 1 amide bonds. The molecule has 10 heteroatoms. The summed E-state index contributed by atoms with van der Waals surface area (Å²) < 4.78 is 7.25. The molecule has 1 saturated heterocycles. The van der Waals surface area contributed by atoms with E-state index in [1.54, 1.807) is 30.5 Å². The van der Waals surface area contributed by atoms with E-state index in [1.807, 2.05) is 30.1 Å². The molecule has 3 aromatic rings. The lowest BCUT2D eigenvalue weighted by molar-refractivity contribution is 0.0197. The first-order chi connectivity index (χ1) is 12.7. The number of pyridine rings is 1. The number of fused-ring (bicyclic) bond motifs is 3. The Morgan fingerprint density at radius 2 is 2.11 bits per heavy atom. The van der Waals surface area contributed by atoms with Gasteiger partial charge in [-0.25, -0.2) is 14.8 Å². The highest BCUT2D eigenvalue weighted by Crippen LogP contribution is 2.28. The summed E-state index contributed by atoms with van der Waals surface area (Å²) in [6.07, 6.45) is 2.86. The molecule has 1 fully saturated rings. The first-order valence-corrected chi connectivity index (χ1v) is 8.68. The molecule has 3 aromatic heterocycles. The van der Waals surface area contributed by atoms with Gasteiger partial charge in [-0.3, -0.25) is 4.40 Å². The van der Waals surface area contributed by atoms with Crippen LogP contribution in [0.4, 0.5) is 16.3 Å². The van der Waals surface area contributed by atoms with Gasteiger partial charge in [0.25, 0.3) is 0 Å². The van der Waals surface area contributed by atoms with Crippen molar-refractivity contribution in [2.75, 3.05) is 30.8 Å². The molecule has 0 aliphatic carbocycles. The number of hydrogen-bond donors (Lipinski definition) is 1. The van der Waals surface area contributed by atoms with Crippen LogP contribution in [0.2, 0.25) is 0 Å². The number of ether oxygens (including phenoxy) is 1. The number of rotatable bonds is 2. The molecule has 27 heavy (non-hydrogen) atoms. The standard InChI is InChI=1S/C17H22N8O2/c1-17(2,3)27-16(26)23(4)11-7-24(8-11)14-15-22-20-9-25(15)12-5-10(18)6-19-13(12)21-14/h5-6,9,11H,7-8,18H2,1-4H3. The van der Waals surface area contributed by atoms with E-state index in [4.69, 9.17) is 10.5 Å². The van der Waals surface area contributed by atoms with Crippen molar-refractivity contribution in [3.8, 4) is 0 Å². The van der Waals surface area contributed by atoms with Crippen molar-refractivity contribution in [3.63, 3.8) is 0 Å². The minimum Gasteiger partial charge on any atom is -0.444 e. The predicted octanol–water partition coefficient (Wildman–Crippen LogP) is 1.31. The van der Waals surface area contributed by atoms with E-state index in [0.29, 0.717) is 35.9 Å². The second-order valence-electron chi connectivity index (χ2n) is 7.72. The number of nitrogens with two attached hydrogens (primary N) is 1. The zero-order valence-electron chi connectivity index (χ0n) is 15.7. The van der Waals surface area contributed by atoms with E-state index in [-0.39, 0.29) is 12.1 Å². The zero-order valence-corrected chi connectivity index (χ0v) is 15.7. The number of nitrogens with zero attached hydrogens (tertiary/aromatic N) is 7. The molecule has 0 unspecified atom stereocenters. The number of hydrogen-bond acceptors (Lipinski definition) is 8. The van der Waals surface area contributed by atoms with E-state index in [0.717, 1.165) is 5.52 Å². The second kappa shape index (κ2) is 5.93. The van der Waals surface area contributed by atoms with Crippen LogP contribution in [0.1, 0.15) is 20.8 Å². The molecule has 4 heterocycles. The van der Waals surface area contributed by atoms with E-state index in [1.165, 1.54) is 0 Å². The minimum atomic E-state index is -0.518. The molecule has 0 spiro atoms. The SMILES string of the molecule is CN(C(=O)OC(C)(C)C)C1CN(c2nc3ncc(N)cc3n3cnnc23)C1. The first kappa shape index (κ1) is 17.3. The number of aromatic nitrogens is 5. The smallest absolute Gasteiger partial charge is 0.410 e. The zero-order chi connectivity index (χ0) is 19.3. The fourth-order valence-corrected chi connectivity index (χ4v) is 3.01. The summed E-state index contributed by atoms with van der Waals surface area (Å²) in [5.74, 6) is 0.686. The largest absolute Gasteiger partial charge is 0.444 e. The third kappa shape index (κ3) is 3.07. The molecular formula is C17H22N8O2. The molecular weight excluding hydrogens is 348 g/mol. The Labute approximate surface area is 155 Å². The van der Waals surface area contributed by atoms with E-state index in [9.17, 15) is 4.79 Å². The lowest BCUT2D eigenvalue weighted by atomic mass is 10.1. The van der Waals surface area contributed by atoms with E-state index < -0.39 is 5.60 Å². The molecule has 1 aliphatic rings. The number of anilines is 2. The van der Waals surface area contributed by atoms with Gasteiger partial charge in [0.2, 0.25) is 5.65 Å². The number of carbonyl (C=O) groups is 1. The second-order valence-corrected chi connectivity index (χ2v) is 7.72. The van der Waals surface area contributed by atoms with Crippen LogP contribution in [-0.4, -0.2) is 67.3 Å². The van der Waals surface area contributed by atoms with Crippen molar-refractivity contribution in [1.29, 1.82) is 0 Å². The fraction of sp³-hybridized carbons (Fsp3) is 0.471. The van der Waals surface area contributed by atoms with Gasteiger partial charge in [0.05, 0.1) is 23.4 Å². The number of amides is 1. The van der Waals surface area contributed by atoms with Crippen molar-refractivity contribution in [3.05, 3.63) is 18.6 Å². The summed E-state index contributed by atoms with van der Waals surface area (Å²) in [6.45, 7) is 6.82. The highest BCUT2D eigenvalue weighted by atomic mass is 16.6. The topological polar surface area (TPSA) is 115 Å². The van der Waals surface area contributed by atoms with Crippen LogP contribution in [0, 0.1) is 0 Å². The van der Waals surface area contributed by atoms with Gasteiger partial charge in [-0.1, -0.05) is 0 Å². The number of likely N-dealkylation sites (N-methyl/N-ethyl adjacent to an activating group) is 1. The molecule has 2 N–H and O–H groups in total. The Morgan fingerprint density at radius 3 is 2.81 bits per heavy atom. The summed E-state index contributed by atoms with van der Waals surface area (Å²) in [5, 5.41) is 8.19. The quantitative estimate of drug-likeness (QED) is 0.718. The van der Waals surface area contributed by atoms with Gasteiger partial charge in [0.1, 0.15) is 11.9 Å². The predicted molar refractivity (Wildman–Crippen MR) is 100 cm³/mol. The molecule has 1 aliphatic heterocycles. The maximum absolute atomic E-state index is 12.2. The molecule has 0 saturated carbocycles. The van der Waals surface area contributed by atoms with Gasteiger partial charge >= 0.3 is 6.09 Å². The number of nitrogen functional groups attached to an aromatic ring is 1. The van der Waals surface area contributed by atoms with Crippen molar-refractivity contribution in [2.45, 2.75) is 32.4 Å². The van der Waals surface area contributed by atoms with Crippen molar-refractivity contribution in [1.82, 2.24) is 29.5 Å². The lowest BCUT2D eigenvalue weighted by Gasteiger charge is -2.44. The molecule has 0 aromatic carbocycles. The first-order valence-electron chi connectivity index (χ1n) is 8.68. The van der Waals surface area contributed by atoms with Crippen LogP contribution in [0.15, 0.2) is 18.6 Å². The normalized spacial score (nSPS) is 15.2. The van der Waals surface area contributed by atoms with Gasteiger partial charge in [-0.05, 0) is 26.8 Å². The Balaban J connectivity index is 1.57. The summed E-state index contributed by atoms with van der Waals surface area (Å²) in [4.78, 5) is 24.9. The molecule has 142 valence electrons. The van der Waals surface area contributed by atoms with Crippen molar-refractivity contribution >= 4 is 34.4 Å². The molecule has 0 bridgehead atoms. The van der Waals surface area contributed by atoms with Crippen LogP contribution >= 0.6 is 0 Å². The van der Waals surface area contributed by atoms with E-state index >= 15 is 0 Å². The lowest BCUT2D eigenvalue weighted by Crippen LogP contribution is -2.60. The Hall–Kier alpha value is -3.17. The van der Waals surface area contributed by atoms with Crippen molar-refractivity contribution in [2.24, 2.45) is 0 Å². The highest BCUT2D eigenvalue weighted by molar-refractivity contribution is 5.82. The summed E-state index contributed by atoms with van der Waals surface area (Å²) in [7, 11) is 1.75. The minimum absolute atomic E-state index is 0.0414. The monoisotopic (exact) mass is 370 g/mol. The number of carbonyl (C=O) groups excluding carboxylic acids is 1. The van der Waals surface area contributed by atoms with Gasteiger partial charge < -0.3 is 20.3 Å². The fourth-order valence-electron chi connectivity index (χ4n) is 3.01. The van der Waals surface area contributed by atoms with Crippen molar-refractivity contribution < 1.29 is 9.53 Å². The maximum atomic E-state index is 12.2.